The van der Waals surface area contributed by atoms with Gasteiger partial charge in [-0.2, -0.15) is 0 Å². The zero-order chi connectivity index (χ0) is 14.9. The Hall–Kier alpha value is -1.04. The van der Waals surface area contributed by atoms with Crippen LogP contribution in [-0.2, 0) is 6.42 Å². The van der Waals surface area contributed by atoms with Crippen molar-refractivity contribution in [1.29, 1.82) is 0 Å². The van der Waals surface area contributed by atoms with Crippen LogP contribution in [0.5, 0.6) is 0 Å². The monoisotopic (exact) mass is 364 g/mol. The van der Waals surface area contributed by atoms with Crippen LogP contribution in [0.25, 0.3) is 0 Å². The van der Waals surface area contributed by atoms with Crippen LogP contribution in [-0.4, -0.2) is 5.11 Å². The molecule has 2 rings (SSSR count). The molecule has 106 valence electrons. The molecule has 0 saturated carbocycles. The lowest BCUT2D eigenvalue weighted by atomic mass is 10.0. The van der Waals surface area contributed by atoms with E-state index in [0.717, 1.165) is 12.1 Å². The third kappa shape index (κ3) is 3.16. The lowest BCUT2D eigenvalue weighted by molar-refractivity contribution is 0.177. The molecule has 0 radical (unpaired) electrons. The van der Waals surface area contributed by atoms with Gasteiger partial charge in [-0.25, -0.2) is 13.2 Å². The number of hydrogen-bond donors (Lipinski definition) is 1. The van der Waals surface area contributed by atoms with Crippen LogP contribution >= 0.6 is 27.5 Å². The molecule has 0 aliphatic carbocycles. The summed E-state index contributed by atoms with van der Waals surface area (Å²) in [5, 5.41) is 10.3. The number of hydrogen-bond acceptors (Lipinski definition) is 1. The molecule has 1 atom stereocenters. The lowest BCUT2D eigenvalue weighted by Gasteiger charge is -2.14. The van der Waals surface area contributed by atoms with E-state index in [2.05, 4.69) is 15.9 Å². The molecule has 0 aromatic heterocycles. The van der Waals surface area contributed by atoms with Gasteiger partial charge in [-0.15, -0.1) is 0 Å². The predicted octanol–water partition coefficient (Wildman–Crippen LogP) is 4.80. The second-order valence-electron chi connectivity index (χ2n) is 4.22. The molecule has 0 heterocycles. The largest absolute Gasteiger partial charge is 0.388 e. The molecular weight excluding hydrogens is 357 g/mol. The van der Waals surface area contributed by atoms with E-state index in [4.69, 9.17) is 11.6 Å². The van der Waals surface area contributed by atoms with Crippen LogP contribution < -0.4 is 0 Å². The molecule has 0 fully saturated rings. The van der Waals surface area contributed by atoms with Gasteiger partial charge in [-0.3, -0.25) is 0 Å². The molecule has 0 aliphatic rings. The van der Waals surface area contributed by atoms with Crippen molar-refractivity contribution in [2.45, 2.75) is 12.5 Å². The van der Waals surface area contributed by atoms with Crippen molar-refractivity contribution in [3.8, 4) is 0 Å². The highest BCUT2D eigenvalue weighted by Crippen LogP contribution is 2.31. The fraction of sp³-hybridized carbons (Fsp3) is 0.143. The number of rotatable bonds is 3. The van der Waals surface area contributed by atoms with E-state index in [1.807, 2.05) is 0 Å². The summed E-state index contributed by atoms with van der Waals surface area (Å²) in [5.41, 5.74) is 0.710. The highest BCUT2D eigenvalue weighted by Gasteiger charge is 2.18. The summed E-state index contributed by atoms with van der Waals surface area (Å²) in [5.74, 6) is -2.55. The Kier molecular flexibility index (Phi) is 4.73. The lowest BCUT2D eigenvalue weighted by Crippen LogP contribution is -2.05. The summed E-state index contributed by atoms with van der Waals surface area (Å²) in [6, 6.07) is 6.00. The summed E-state index contributed by atoms with van der Waals surface area (Å²) < 4.78 is 39.2. The predicted molar refractivity (Wildman–Crippen MR) is 74.1 cm³/mol. The molecule has 0 saturated heterocycles. The first kappa shape index (κ1) is 15.4. The quantitative estimate of drug-likeness (QED) is 0.775. The average molecular weight is 366 g/mol. The van der Waals surface area contributed by atoms with Gasteiger partial charge in [0.1, 0.15) is 5.82 Å². The normalized spacial score (nSPS) is 12.5. The Morgan fingerprint density at radius 1 is 1.15 bits per heavy atom. The molecule has 1 unspecified atom stereocenters. The molecule has 6 heteroatoms. The third-order valence-electron chi connectivity index (χ3n) is 2.85. The van der Waals surface area contributed by atoms with E-state index in [0.29, 0.717) is 5.56 Å². The Morgan fingerprint density at radius 3 is 2.50 bits per heavy atom. The van der Waals surface area contributed by atoms with Gasteiger partial charge in [-0.1, -0.05) is 23.7 Å². The van der Waals surface area contributed by atoms with E-state index in [-0.39, 0.29) is 21.5 Å². The fourth-order valence-corrected chi connectivity index (χ4v) is 2.63. The first-order chi connectivity index (χ1) is 9.40. The number of halogens is 5. The Balaban J connectivity index is 2.28. The molecule has 1 nitrogen and oxygen atoms in total. The maximum atomic E-state index is 13.4. The van der Waals surface area contributed by atoms with Gasteiger partial charge in [-0.05, 0) is 45.3 Å². The van der Waals surface area contributed by atoms with Crippen LogP contribution in [0.3, 0.4) is 0 Å². The van der Waals surface area contributed by atoms with Crippen molar-refractivity contribution in [1.82, 2.24) is 0 Å². The van der Waals surface area contributed by atoms with Crippen molar-refractivity contribution in [3.05, 3.63) is 68.4 Å². The van der Waals surface area contributed by atoms with Crippen LogP contribution in [0, 0.1) is 17.5 Å². The average Bonchev–Trinajstić information content (AvgIpc) is 2.39. The molecule has 0 amide bonds. The maximum Gasteiger partial charge on any atom is 0.173 e. The van der Waals surface area contributed by atoms with Crippen molar-refractivity contribution < 1.29 is 18.3 Å². The van der Waals surface area contributed by atoms with Crippen molar-refractivity contribution in [3.63, 3.8) is 0 Å². The molecule has 2 aromatic carbocycles. The van der Waals surface area contributed by atoms with Crippen LogP contribution in [0.4, 0.5) is 13.2 Å². The highest BCUT2D eigenvalue weighted by molar-refractivity contribution is 9.10. The number of aliphatic hydroxyl groups is 1. The zero-order valence-corrected chi connectivity index (χ0v) is 12.4. The topological polar surface area (TPSA) is 20.2 Å². The second kappa shape index (κ2) is 6.16. The SMILES string of the molecule is OC(Cc1ccc(F)cc1Cl)c1ccc(F)c(F)c1Br. The van der Waals surface area contributed by atoms with Crippen LogP contribution in [0.2, 0.25) is 5.02 Å². The van der Waals surface area contributed by atoms with Crippen molar-refractivity contribution >= 4 is 27.5 Å². The molecular formula is C14H9BrClF3O. The molecule has 2 aromatic rings. The maximum absolute atomic E-state index is 13.4. The van der Waals surface area contributed by atoms with Crippen molar-refractivity contribution in [2.24, 2.45) is 0 Å². The van der Waals surface area contributed by atoms with Gasteiger partial charge in [0.15, 0.2) is 11.6 Å². The third-order valence-corrected chi connectivity index (χ3v) is 4.01. The zero-order valence-electron chi connectivity index (χ0n) is 10.0. The van der Waals surface area contributed by atoms with E-state index >= 15 is 0 Å². The van der Waals surface area contributed by atoms with E-state index in [1.54, 1.807) is 0 Å². The van der Waals surface area contributed by atoms with Gasteiger partial charge < -0.3 is 5.11 Å². The van der Waals surface area contributed by atoms with Gasteiger partial charge in [0.05, 0.1) is 10.6 Å². The summed E-state index contributed by atoms with van der Waals surface area (Å²) in [6.45, 7) is 0. The molecule has 1 N–H and O–H groups in total. The minimum Gasteiger partial charge on any atom is -0.388 e. The van der Waals surface area contributed by atoms with Gasteiger partial charge in [0.2, 0.25) is 0 Å². The van der Waals surface area contributed by atoms with Crippen LogP contribution in [0.15, 0.2) is 34.8 Å². The van der Waals surface area contributed by atoms with Gasteiger partial charge in [0, 0.05) is 11.4 Å². The fourth-order valence-electron chi connectivity index (χ4n) is 1.80. The minimum absolute atomic E-state index is 0.0583. The second-order valence-corrected chi connectivity index (χ2v) is 5.42. The summed E-state index contributed by atoms with van der Waals surface area (Å²) >= 11 is 8.77. The number of aliphatic hydroxyl groups excluding tert-OH is 1. The molecule has 0 aliphatic heterocycles. The summed E-state index contributed by atoms with van der Waals surface area (Å²) in [4.78, 5) is 0. The molecule has 0 spiro atoms. The molecule has 0 bridgehead atoms. The Morgan fingerprint density at radius 2 is 1.85 bits per heavy atom. The minimum atomic E-state index is -1.09. The summed E-state index contributed by atoms with van der Waals surface area (Å²) in [6.07, 6.45) is -1.04. The highest BCUT2D eigenvalue weighted by atomic mass is 79.9. The summed E-state index contributed by atoms with van der Waals surface area (Å²) in [7, 11) is 0. The Bertz CT molecular complexity index is 649. The Labute approximate surface area is 127 Å². The first-order valence-corrected chi connectivity index (χ1v) is 6.82. The van der Waals surface area contributed by atoms with Crippen LogP contribution in [0.1, 0.15) is 17.2 Å². The van der Waals surface area contributed by atoms with E-state index < -0.39 is 23.6 Å². The molecule has 20 heavy (non-hydrogen) atoms. The van der Waals surface area contributed by atoms with E-state index in [9.17, 15) is 18.3 Å². The van der Waals surface area contributed by atoms with Gasteiger partial charge in [0.25, 0.3) is 0 Å². The van der Waals surface area contributed by atoms with Crippen molar-refractivity contribution in [2.75, 3.05) is 0 Å². The number of benzene rings is 2. The smallest absolute Gasteiger partial charge is 0.173 e. The van der Waals surface area contributed by atoms with Gasteiger partial charge >= 0.3 is 0 Å². The first-order valence-electron chi connectivity index (χ1n) is 5.65. The standard InChI is InChI=1S/C14H9BrClF3O/c15-13-9(3-4-11(18)14(13)19)12(20)5-7-1-2-8(17)6-10(7)16/h1-4,6,12,20H,5H2. The van der Waals surface area contributed by atoms with E-state index in [1.165, 1.54) is 18.2 Å².